The van der Waals surface area contributed by atoms with Gasteiger partial charge in [-0.3, -0.25) is 0 Å². The number of nitrogens with zero attached hydrogens (tertiary/aromatic N) is 3. The molecule has 1 aromatic carbocycles. The van der Waals surface area contributed by atoms with Crippen LogP contribution in [0.5, 0.6) is 11.5 Å². The fourth-order valence-corrected chi connectivity index (χ4v) is 2.32. The van der Waals surface area contributed by atoms with Crippen molar-refractivity contribution in [3.05, 3.63) is 30.0 Å². The van der Waals surface area contributed by atoms with Crippen LogP contribution >= 0.6 is 0 Å². The van der Waals surface area contributed by atoms with Crippen molar-refractivity contribution in [3.63, 3.8) is 0 Å². The number of hydrogen-bond donors (Lipinski definition) is 1. The molecule has 1 heterocycles. The summed E-state index contributed by atoms with van der Waals surface area (Å²) >= 11 is 0. The van der Waals surface area contributed by atoms with Crippen molar-refractivity contribution < 1.29 is 9.47 Å². The van der Waals surface area contributed by atoms with E-state index < -0.39 is 0 Å². The van der Waals surface area contributed by atoms with Gasteiger partial charge in [-0.15, -0.1) is 5.10 Å². The molecule has 112 valence electrons. The SMILES string of the molecule is CCOc1ccc(OCCn2nnc(N)c2C2CC2)cc1. The highest BCUT2D eigenvalue weighted by Crippen LogP contribution is 2.41. The Morgan fingerprint density at radius 3 is 2.48 bits per heavy atom. The number of aromatic nitrogens is 3. The Labute approximate surface area is 123 Å². The van der Waals surface area contributed by atoms with Crippen LogP contribution in [0, 0.1) is 0 Å². The fourth-order valence-electron chi connectivity index (χ4n) is 2.32. The molecule has 1 aliphatic rings. The van der Waals surface area contributed by atoms with Crippen LogP contribution in [0.2, 0.25) is 0 Å². The van der Waals surface area contributed by atoms with Crippen LogP contribution in [0.25, 0.3) is 0 Å². The Bertz CT molecular complexity index is 590. The Hall–Kier alpha value is -2.24. The molecule has 0 unspecified atom stereocenters. The van der Waals surface area contributed by atoms with E-state index in [2.05, 4.69) is 10.3 Å². The molecule has 1 aromatic heterocycles. The molecule has 2 N–H and O–H groups in total. The molecular weight excluding hydrogens is 268 g/mol. The molecule has 2 aromatic rings. The monoisotopic (exact) mass is 288 g/mol. The van der Waals surface area contributed by atoms with Gasteiger partial charge in [0.2, 0.25) is 0 Å². The zero-order valence-corrected chi connectivity index (χ0v) is 12.2. The van der Waals surface area contributed by atoms with E-state index in [-0.39, 0.29) is 0 Å². The molecule has 0 bridgehead atoms. The number of anilines is 1. The predicted molar refractivity (Wildman–Crippen MR) is 79.5 cm³/mol. The smallest absolute Gasteiger partial charge is 0.169 e. The summed E-state index contributed by atoms with van der Waals surface area (Å²) in [6, 6.07) is 7.62. The predicted octanol–water partition coefficient (Wildman–Crippen LogP) is 2.22. The zero-order chi connectivity index (χ0) is 14.7. The Balaban J connectivity index is 1.54. The van der Waals surface area contributed by atoms with Gasteiger partial charge in [-0.05, 0) is 44.0 Å². The third-order valence-corrected chi connectivity index (χ3v) is 3.47. The van der Waals surface area contributed by atoms with Gasteiger partial charge in [-0.25, -0.2) is 4.68 Å². The fraction of sp³-hybridized carbons (Fsp3) is 0.467. The molecule has 0 spiro atoms. The molecule has 3 rings (SSSR count). The van der Waals surface area contributed by atoms with Crippen molar-refractivity contribution in [1.82, 2.24) is 15.0 Å². The molecule has 0 radical (unpaired) electrons. The van der Waals surface area contributed by atoms with Gasteiger partial charge in [0.1, 0.15) is 18.1 Å². The molecule has 1 fully saturated rings. The molecule has 0 saturated heterocycles. The maximum Gasteiger partial charge on any atom is 0.169 e. The number of nitrogens with two attached hydrogens (primary N) is 1. The number of ether oxygens (including phenoxy) is 2. The summed E-state index contributed by atoms with van der Waals surface area (Å²) in [4.78, 5) is 0. The van der Waals surface area contributed by atoms with E-state index in [0.29, 0.717) is 31.5 Å². The van der Waals surface area contributed by atoms with Crippen molar-refractivity contribution in [2.75, 3.05) is 18.9 Å². The van der Waals surface area contributed by atoms with Crippen LogP contribution in [0.15, 0.2) is 24.3 Å². The van der Waals surface area contributed by atoms with Crippen LogP contribution in [0.1, 0.15) is 31.4 Å². The molecule has 6 heteroatoms. The van der Waals surface area contributed by atoms with E-state index in [1.165, 1.54) is 12.8 Å². The molecule has 1 aliphatic carbocycles. The van der Waals surface area contributed by atoms with E-state index in [0.717, 1.165) is 17.2 Å². The summed E-state index contributed by atoms with van der Waals surface area (Å²) < 4.78 is 13.0. The Morgan fingerprint density at radius 1 is 1.19 bits per heavy atom. The largest absolute Gasteiger partial charge is 0.494 e. The minimum atomic E-state index is 0.533. The van der Waals surface area contributed by atoms with Crippen LogP contribution in [0.4, 0.5) is 5.82 Å². The highest BCUT2D eigenvalue weighted by atomic mass is 16.5. The average molecular weight is 288 g/mol. The second-order valence-corrected chi connectivity index (χ2v) is 5.11. The number of rotatable bonds is 7. The molecule has 6 nitrogen and oxygen atoms in total. The first-order valence-electron chi connectivity index (χ1n) is 7.32. The highest BCUT2D eigenvalue weighted by molar-refractivity contribution is 5.38. The third kappa shape index (κ3) is 3.26. The molecule has 0 aliphatic heterocycles. The maximum absolute atomic E-state index is 5.86. The molecule has 0 atom stereocenters. The minimum absolute atomic E-state index is 0.533. The molecule has 1 saturated carbocycles. The first-order chi connectivity index (χ1) is 10.3. The first-order valence-corrected chi connectivity index (χ1v) is 7.32. The summed E-state index contributed by atoms with van der Waals surface area (Å²) in [7, 11) is 0. The van der Waals surface area contributed by atoms with Crippen LogP contribution in [0.3, 0.4) is 0 Å². The van der Waals surface area contributed by atoms with Crippen molar-refractivity contribution in [2.24, 2.45) is 0 Å². The van der Waals surface area contributed by atoms with Crippen molar-refractivity contribution >= 4 is 5.82 Å². The number of nitrogen functional groups attached to an aromatic ring is 1. The van der Waals surface area contributed by atoms with Crippen molar-refractivity contribution in [3.8, 4) is 11.5 Å². The normalized spacial score (nSPS) is 14.1. The lowest BCUT2D eigenvalue weighted by molar-refractivity contribution is 0.286. The topological polar surface area (TPSA) is 75.2 Å². The quantitative estimate of drug-likeness (QED) is 0.845. The minimum Gasteiger partial charge on any atom is -0.494 e. The van der Waals surface area contributed by atoms with Crippen molar-refractivity contribution in [2.45, 2.75) is 32.2 Å². The summed E-state index contributed by atoms with van der Waals surface area (Å²) in [5.74, 6) is 2.76. The van der Waals surface area contributed by atoms with Crippen molar-refractivity contribution in [1.29, 1.82) is 0 Å². The second kappa shape index (κ2) is 6.03. The average Bonchev–Trinajstić information content (AvgIpc) is 3.25. The Morgan fingerprint density at radius 2 is 1.86 bits per heavy atom. The number of benzene rings is 1. The van der Waals surface area contributed by atoms with Gasteiger partial charge >= 0.3 is 0 Å². The van der Waals surface area contributed by atoms with E-state index in [1.54, 1.807) is 0 Å². The summed E-state index contributed by atoms with van der Waals surface area (Å²) in [5.41, 5.74) is 6.92. The van der Waals surface area contributed by atoms with E-state index >= 15 is 0 Å². The van der Waals surface area contributed by atoms with Crippen LogP contribution in [-0.2, 0) is 6.54 Å². The lowest BCUT2D eigenvalue weighted by atomic mass is 10.3. The summed E-state index contributed by atoms with van der Waals surface area (Å²) in [6.07, 6.45) is 2.36. The van der Waals surface area contributed by atoms with Crippen LogP contribution in [-0.4, -0.2) is 28.2 Å². The van der Waals surface area contributed by atoms with Gasteiger partial charge in [-0.2, -0.15) is 0 Å². The van der Waals surface area contributed by atoms with E-state index in [9.17, 15) is 0 Å². The van der Waals surface area contributed by atoms with Gasteiger partial charge in [0.25, 0.3) is 0 Å². The van der Waals surface area contributed by atoms with Gasteiger partial charge in [-0.1, -0.05) is 5.21 Å². The molecule has 21 heavy (non-hydrogen) atoms. The number of hydrogen-bond acceptors (Lipinski definition) is 5. The molecule has 0 amide bonds. The lowest BCUT2D eigenvalue weighted by Crippen LogP contribution is -2.12. The van der Waals surface area contributed by atoms with Gasteiger partial charge < -0.3 is 15.2 Å². The molecular formula is C15H20N4O2. The zero-order valence-electron chi connectivity index (χ0n) is 12.2. The van der Waals surface area contributed by atoms with Gasteiger partial charge in [0.15, 0.2) is 5.82 Å². The van der Waals surface area contributed by atoms with E-state index in [4.69, 9.17) is 15.2 Å². The highest BCUT2D eigenvalue weighted by Gasteiger charge is 2.30. The Kier molecular flexibility index (Phi) is 3.94. The standard InChI is InChI=1S/C15H20N4O2/c1-2-20-12-5-7-13(8-6-12)21-10-9-19-14(11-3-4-11)15(16)17-18-19/h5-8,11H,2-4,9-10,16H2,1H3. The maximum atomic E-state index is 5.86. The summed E-state index contributed by atoms with van der Waals surface area (Å²) in [6.45, 7) is 3.82. The van der Waals surface area contributed by atoms with Gasteiger partial charge in [0, 0.05) is 5.92 Å². The summed E-state index contributed by atoms with van der Waals surface area (Å²) in [5, 5.41) is 8.04. The third-order valence-electron chi connectivity index (χ3n) is 3.47. The van der Waals surface area contributed by atoms with Crippen LogP contribution < -0.4 is 15.2 Å². The first kappa shape index (κ1) is 13.7. The van der Waals surface area contributed by atoms with E-state index in [1.807, 2.05) is 35.9 Å². The second-order valence-electron chi connectivity index (χ2n) is 5.11. The lowest BCUT2D eigenvalue weighted by Gasteiger charge is -2.09. The van der Waals surface area contributed by atoms with Gasteiger partial charge in [0.05, 0.1) is 18.8 Å².